The van der Waals surface area contributed by atoms with E-state index in [1.54, 1.807) is 0 Å². The lowest BCUT2D eigenvalue weighted by molar-refractivity contribution is 0.237. The molecule has 0 atom stereocenters. The van der Waals surface area contributed by atoms with Gasteiger partial charge in [0.1, 0.15) is 0 Å². The minimum atomic E-state index is 0.0730. The smallest absolute Gasteiger partial charge is 0.322 e. The van der Waals surface area contributed by atoms with E-state index in [4.69, 9.17) is 0 Å². The van der Waals surface area contributed by atoms with E-state index in [0.717, 1.165) is 57.2 Å². The fourth-order valence-corrected chi connectivity index (χ4v) is 4.31. The maximum Gasteiger partial charge on any atom is 0.322 e. The van der Waals surface area contributed by atoms with Crippen LogP contribution in [-0.4, -0.2) is 24.7 Å². The Bertz CT molecular complexity index is 753. The monoisotopic (exact) mass is 363 g/mol. The standard InChI is InChI=1S/C23H29N3O/c27-23(26-17-7-6-9-18-8-4-5-12-22(18)26)25-21-15-13-20(14-16-21)24-19-10-2-1-3-11-19/h1-5,8,10-12,20-21,24H,6-7,9,13-17H2,(H,25,27)/t20-,21+. The summed E-state index contributed by atoms with van der Waals surface area (Å²) in [5.74, 6) is 0. The molecule has 142 valence electrons. The molecule has 27 heavy (non-hydrogen) atoms. The molecule has 4 heteroatoms. The number of carbonyl (C=O) groups excluding carboxylic acids is 1. The normalized spacial score (nSPS) is 22.4. The van der Waals surface area contributed by atoms with Crippen LogP contribution in [0.1, 0.15) is 44.1 Å². The molecular weight excluding hydrogens is 334 g/mol. The third-order valence-corrected chi connectivity index (χ3v) is 5.80. The van der Waals surface area contributed by atoms with E-state index in [9.17, 15) is 4.79 Å². The average Bonchev–Trinajstić information content (AvgIpc) is 2.93. The molecule has 0 unspecified atom stereocenters. The number of hydrogen-bond donors (Lipinski definition) is 2. The maximum atomic E-state index is 13.0. The minimum Gasteiger partial charge on any atom is -0.382 e. The molecule has 1 aliphatic heterocycles. The van der Waals surface area contributed by atoms with Crippen LogP contribution in [0.4, 0.5) is 16.2 Å². The maximum absolute atomic E-state index is 13.0. The molecule has 4 nitrogen and oxygen atoms in total. The van der Waals surface area contributed by atoms with Crippen molar-refractivity contribution in [1.82, 2.24) is 5.32 Å². The third kappa shape index (κ3) is 4.44. The van der Waals surface area contributed by atoms with Gasteiger partial charge in [-0.1, -0.05) is 36.4 Å². The molecule has 0 aromatic heterocycles. The zero-order valence-corrected chi connectivity index (χ0v) is 15.9. The van der Waals surface area contributed by atoms with Gasteiger partial charge >= 0.3 is 6.03 Å². The molecule has 0 bridgehead atoms. The number of nitrogens with one attached hydrogen (secondary N) is 2. The highest BCUT2D eigenvalue weighted by molar-refractivity contribution is 5.93. The third-order valence-electron chi connectivity index (χ3n) is 5.80. The van der Waals surface area contributed by atoms with Crippen molar-refractivity contribution >= 4 is 17.4 Å². The van der Waals surface area contributed by atoms with Gasteiger partial charge < -0.3 is 10.6 Å². The van der Waals surface area contributed by atoms with Gasteiger partial charge in [-0.15, -0.1) is 0 Å². The molecule has 4 rings (SSSR count). The summed E-state index contributed by atoms with van der Waals surface area (Å²) in [5.41, 5.74) is 3.57. The van der Waals surface area contributed by atoms with E-state index in [1.165, 1.54) is 11.3 Å². The summed E-state index contributed by atoms with van der Waals surface area (Å²) in [5, 5.41) is 6.92. The fourth-order valence-electron chi connectivity index (χ4n) is 4.31. The van der Waals surface area contributed by atoms with Crippen molar-refractivity contribution in [1.29, 1.82) is 0 Å². The summed E-state index contributed by atoms with van der Waals surface area (Å²) >= 11 is 0. The molecule has 2 aromatic carbocycles. The second kappa shape index (κ2) is 8.47. The average molecular weight is 364 g/mol. The van der Waals surface area contributed by atoms with Crippen molar-refractivity contribution in [2.45, 2.75) is 57.0 Å². The second-order valence-electron chi connectivity index (χ2n) is 7.75. The number of fused-ring (bicyclic) bond motifs is 1. The van der Waals surface area contributed by atoms with Crippen LogP contribution in [0.25, 0.3) is 0 Å². The zero-order valence-electron chi connectivity index (χ0n) is 15.9. The summed E-state index contributed by atoms with van der Waals surface area (Å²) in [6.45, 7) is 0.813. The van der Waals surface area contributed by atoms with Gasteiger partial charge in [0.05, 0.1) is 0 Å². The Morgan fingerprint density at radius 3 is 2.37 bits per heavy atom. The Morgan fingerprint density at radius 1 is 0.852 bits per heavy atom. The fraction of sp³-hybridized carbons (Fsp3) is 0.435. The van der Waals surface area contributed by atoms with E-state index >= 15 is 0 Å². The summed E-state index contributed by atoms with van der Waals surface area (Å²) in [6.07, 6.45) is 7.54. The van der Waals surface area contributed by atoms with Gasteiger partial charge in [0, 0.05) is 30.0 Å². The lowest BCUT2D eigenvalue weighted by Gasteiger charge is -2.32. The van der Waals surface area contributed by atoms with E-state index < -0.39 is 0 Å². The topological polar surface area (TPSA) is 44.4 Å². The number of hydrogen-bond acceptors (Lipinski definition) is 2. The summed E-state index contributed by atoms with van der Waals surface area (Å²) in [4.78, 5) is 14.9. The molecule has 2 N–H and O–H groups in total. The molecule has 0 radical (unpaired) electrons. The molecule has 1 aliphatic carbocycles. The van der Waals surface area contributed by atoms with E-state index in [2.05, 4.69) is 53.1 Å². The van der Waals surface area contributed by atoms with Crippen molar-refractivity contribution in [3.05, 3.63) is 60.2 Å². The predicted octanol–water partition coefficient (Wildman–Crippen LogP) is 4.96. The highest BCUT2D eigenvalue weighted by Crippen LogP contribution is 2.27. The molecule has 0 spiro atoms. The van der Waals surface area contributed by atoms with Gasteiger partial charge in [-0.2, -0.15) is 0 Å². The van der Waals surface area contributed by atoms with Crippen LogP contribution in [0.2, 0.25) is 0 Å². The van der Waals surface area contributed by atoms with Crippen molar-refractivity contribution in [3.63, 3.8) is 0 Å². The highest BCUT2D eigenvalue weighted by atomic mass is 16.2. The first-order valence-electron chi connectivity index (χ1n) is 10.3. The first-order chi connectivity index (χ1) is 13.3. The van der Waals surface area contributed by atoms with Crippen LogP contribution < -0.4 is 15.5 Å². The molecule has 2 aromatic rings. The van der Waals surface area contributed by atoms with Crippen LogP contribution in [-0.2, 0) is 6.42 Å². The summed E-state index contributed by atoms with van der Waals surface area (Å²) < 4.78 is 0. The molecular formula is C23H29N3O. The second-order valence-corrected chi connectivity index (χ2v) is 7.75. The Morgan fingerprint density at radius 2 is 1.56 bits per heavy atom. The van der Waals surface area contributed by atoms with Crippen LogP contribution in [0.3, 0.4) is 0 Å². The summed E-state index contributed by atoms with van der Waals surface area (Å²) in [6, 6.07) is 19.6. The molecule has 2 amide bonds. The van der Waals surface area contributed by atoms with Gasteiger partial charge in [0.25, 0.3) is 0 Å². The minimum absolute atomic E-state index is 0.0730. The number of amides is 2. The van der Waals surface area contributed by atoms with Crippen molar-refractivity contribution in [2.75, 3.05) is 16.8 Å². The zero-order chi connectivity index (χ0) is 18.5. The lowest BCUT2D eigenvalue weighted by Crippen LogP contribution is -2.47. The highest BCUT2D eigenvalue weighted by Gasteiger charge is 2.26. The van der Waals surface area contributed by atoms with Gasteiger partial charge in [0.2, 0.25) is 0 Å². The number of nitrogens with zero attached hydrogens (tertiary/aromatic N) is 1. The van der Waals surface area contributed by atoms with Crippen LogP contribution in [0.15, 0.2) is 54.6 Å². The number of aryl methyl sites for hydroxylation is 1. The van der Waals surface area contributed by atoms with Crippen LogP contribution >= 0.6 is 0 Å². The Balaban J connectivity index is 1.32. The van der Waals surface area contributed by atoms with Crippen molar-refractivity contribution < 1.29 is 4.79 Å². The van der Waals surface area contributed by atoms with E-state index in [-0.39, 0.29) is 12.1 Å². The Labute approximate surface area is 162 Å². The number of anilines is 2. The van der Waals surface area contributed by atoms with Gasteiger partial charge in [0.15, 0.2) is 0 Å². The first-order valence-corrected chi connectivity index (χ1v) is 10.3. The van der Waals surface area contributed by atoms with Crippen molar-refractivity contribution in [3.8, 4) is 0 Å². The predicted molar refractivity (Wildman–Crippen MR) is 111 cm³/mol. The van der Waals surface area contributed by atoms with E-state index in [0.29, 0.717) is 6.04 Å². The Kier molecular flexibility index (Phi) is 5.61. The van der Waals surface area contributed by atoms with Crippen molar-refractivity contribution in [2.24, 2.45) is 0 Å². The number of para-hydroxylation sites is 2. The SMILES string of the molecule is O=C(N[C@H]1CC[C@@H](Nc2ccccc2)CC1)N1CCCCc2ccccc21. The van der Waals surface area contributed by atoms with Crippen LogP contribution in [0.5, 0.6) is 0 Å². The first kappa shape index (κ1) is 17.9. The molecule has 0 saturated heterocycles. The van der Waals surface area contributed by atoms with Gasteiger partial charge in [-0.25, -0.2) is 4.79 Å². The molecule has 1 saturated carbocycles. The largest absolute Gasteiger partial charge is 0.382 e. The van der Waals surface area contributed by atoms with Gasteiger partial charge in [-0.3, -0.25) is 4.90 Å². The number of urea groups is 1. The molecule has 1 heterocycles. The number of benzene rings is 2. The summed E-state index contributed by atoms with van der Waals surface area (Å²) in [7, 11) is 0. The van der Waals surface area contributed by atoms with Gasteiger partial charge in [-0.05, 0) is 68.7 Å². The van der Waals surface area contributed by atoms with Crippen LogP contribution in [0, 0.1) is 0 Å². The molecule has 1 fully saturated rings. The number of carbonyl (C=O) groups is 1. The quantitative estimate of drug-likeness (QED) is 0.809. The number of rotatable bonds is 3. The molecule has 2 aliphatic rings. The van der Waals surface area contributed by atoms with E-state index in [1.807, 2.05) is 17.0 Å². The Hall–Kier alpha value is -2.49. The lowest BCUT2D eigenvalue weighted by atomic mass is 9.91.